The summed E-state index contributed by atoms with van der Waals surface area (Å²) in [6, 6.07) is 2.64. The van der Waals surface area contributed by atoms with E-state index in [-0.39, 0.29) is 17.8 Å². The maximum Gasteiger partial charge on any atom is 0.342 e. The van der Waals surface area contributed by atoms with E-state index >= 15 is 0 Å². The molecule has 0 radical (unpaired) electrons. The van der Waals surface area contributed by atoms with Crippen LogP contribution in [0.15, 0.2) is 12.1 Å². The van der Waals surface area contributed by atoms with Gasteiger partial charge in [-0.25, -0.2) is 22.4 Å². The van der Waals surface area contributed by atoms with Gasteiger partial charge in [-0.15, -0.1) is 0 Å². The number of carbonyl (C=O) groups is 1. The van der Waals surface area contributed by atoms with Crippen molar-refractivity contribution in [2.45, 2.75) is 12.6 Å². The van der Waals surface area contributed by atoms with Crippen LogP contribution in [0.25, 0.3) is 0 Å². The number of nitrogens with zero attached hydrogens (tertiary/aromatic N) is 2. The van der Waals surface area contributed by atoms with Gasteiger partial charge < -0.3 is 15.4 Å². The zero-order valence-corrected chi connectivity index (χ0v) is 13.1. The lowest BCUT2D eigenvalue weighted by atomic mass is 10.1. The molecule has 1 aliphatic rings. The normalized spacial score (nSPS) is 17.2. The van der Waals surface area contributed by atoms with Crippen molar-refractivity contribution in [3.05, 3.63) is 23.5 Å². The van der Waals surface area contributed by atoms with Gasteiger partial charge in [0.2, 0.25) is 0 Å². The Morgan fingerprint density at radius 1 is 1.25 bits per heavy atom. The van der Waals surface area contributed by atoms with Gasteiger partial charge in [-0.05, 0) is 12.1 Å². The lowest BCUT2D eigenvalue weighted by molar-refractivity contribution is 0.0267. The molecule has 1 unspecified atom stereocenters. The summed E-state index contributed by atoms with van der Waals surface area (Å²) in [5, 5.41) is 0. The third-order valence-corrected chi connectivity index (χ3v) is 3.94. The first-order chi connectivity index (χ1) is 11.3. The molecule has 0 amide bonds. The Hall–Kier alpha value is -2.03. The van der Waals surface area contributed by atoms with Crippen LogP contribution < -0.4 is 10.6 Å². The molecule has 0 saturated carbocycles. The summed E-state index contributed by atoms with van der Waals surface area (Å²) >= 11 is 0. The molecule has 0 spiro atoms. The number of benzene rings is 1. The van der Waals surface area contributed by atoms with Gasteiger partial charge in [0, 0.05) is 38.4 Å². The van der Waals surface area contributed by atoms with Crippen LogP contribution in [0.5, 0.6) is 0 Å². The highest BCUT2D eigenvalue weighted by Crippen LogP contribution is 2.26. The highest BCUT2D eigenvalue weighted by atomic mass is 19.3. The minimum Gasteiger partial charge on any atom is -0.465 e. The fourth-order valence-corrected chi connectivity index (χ4v) is 2.63. The summed E-state index contributed by atoms with van der Waals surface area (Å²) in [5.41, 5.74) is 5.83. The van der Waals surface area contributed by atoms with Crippen molar-refractivity contribution < 1.29 is 27.1 Å². The topological polar surface area (TPSA) is 58.8 Å². The summed E-state index contributed by atoms with van der Waals surface area (Å²) in [6.07, 6.45) is -5.17. The molecule has 1 aromatic carbocycles. The Bertz CT molecular complexity index is 569. The van der Waals surface area contributed by atoms with Gasteiger partial charge in [-0.1, -0.05) is 0 Å². The molecule has 1 saturated heterocycles. The van der Waals surface area contributed by atoms with Crippen molar-refractivity contribution >= 4 is 17.3 Å². The number of hydrogen-bond donors (Lipinski definition) is 1. The molecule has 1 aromatic rings. The van der Waals surface area contributed by atoms with E-state index in [9.17, 15) is 22.4 Å². The minimum absolute atomic E-state index is 0.0409. The number of piperazine rings is 1. The summed E-state index contributed by atoms with van der Waals surface area (Å²) in [4.78, 5) is 14.9. The number of ether oxygens (including phenoxy) is 1. The Balaban J connectivity index is 2.03. The van der Waals surface area contributed by atoms with Gasteiger partial charge in [0.05, 0.1) is 12.8 Å². The number of halogens is 4. The summed E-state index contributed by atoms with van der Waals surface area (Å²) in [7, 11) is 1.13. The second-order valence-corrected chi connectivity index (χ2v) is 5.52. The van der Waals surface area contributed by atoms with Gasteiger partial charge in [-0.3, -0.25) is 4.90 Å². The molecular formula is C15H19F4N3O2. The number of alkyl halides is 3. The number of carbonyl (C=O) groups excluding carboxylic acids is 1. The van der Waals surface area contributed by atoms with Crippen molar-refractivity contribution in [2.75, 3.05) is 50.5 Å². The number of esters is 1. The third-order valence-electron chi connectivity index (χ3n) is 3.94. The lowest BCUT2D eigenvalue weighted by Crippen LogP contribution is -2.49. The van der Waals surface area contributed by atoms with E-state index in [1.54, 1.807) is 9.80 Å². The van der Waals surface area contributed by atoms with E-state index in [1.165, 1.54) is 12.1 Å². The van der Waals surface area contributed by atoms with Gasteiger partial charge in [0.1, 0.15) is 11.4 Å². The fourth-order valence-electron chi connectivity index (χ4n) is 2.63. The molecule has 134 valence electrons. The Morgan fingerprint density at radius 2 is 1.88 bits per heavy atom. The molecule has 1 heterocycles. The quantitative estimate of drug-likeness (QED) is 0.500. The predicted octanol–water partition coefficient (Wildman–Crippen LogP) is 1.92. The Kier molecular flexibility index (Phi) is 5.87. The first-order valence-corrected chi connectivity index (χ1v) is 7.40. The average molecular weight is 349 g/mol. The van der Waals surface area contributed by atoms with E-state index in [4.69, 9.17) is 5.73 Å². The van der Waals surface area contributed by atoms with Gasteiger partial charge in [-0.2, -0.15) is 0 Å². The van der Waals surface area contributed by atoms with Crippen LogP contribution >= 0.6 is 0 Å². The number of hydrogen-bond acceptors (Lipinski definition) is 5. The summed E-state index contributed by atoms with van der Waals surface area (Å²) in [6.45, 7) is 1.23. The number of methoxy groups -OCH3 is 1. The van der Waals surface area contributed by atoms with Crippen LogP contribution in [-0.2, 0) is 4.74 Å². The van der Waals surface area contributed by atoms with Gasteiger partial charge in [0.15, 0.2) is 6.17 Å². The second-order valence-electron chi connectivity index (χ2n) is 5.52. The molecule has 5 nitrogen and oxygen atoms in total. The maximum atomic E-state index is 14.1. The predicted molar refractivity (Wildman–Crippen MR) is 81.7 cm³/mol. The van der Waals surface area contributed by atoms with E-state index in [2.05, 4.69) is 4.74 Å². The smallest absolute Gasteiger partial charge is 0.342 e. The van der Waals surface area contributed by atoms with E-state index < -0.39 is 24.4 Å². The van der Waals surface area contributed by atoms with Crippen molar-refractivity contribution in [1.29, 1.82) is 0 Å². The second kappa shape index (κ2) is 7.69. The molecule has 1 aliphatic heterocycles. The molecule has 0 aromatic heterocycles. The van der Waals surface area contributed by atoms with Gasteiger partial charge in [0.25, 0.3) is 6.43 Å². The van der Waals surface area contributed by atoms with E-state index in [1.807, 2.05) is 0 Å². The standard InChI is InChI=1S/C15H19F4N3O2/c1-24-15(23)13-10(16)6-9(7-12(13)20)22-4-2-21(3-5-22)8-11(17)14(18)19/h6-7,11,14H,2-5,8,20H2,1H3. The van der Waals surface area contributed by atoms with Gasteiger partial charge >= 0.3 is 5.97 Å². The molecule has 0 bridgehead atoms. The molecule has 0 aliphatic carbocycles. The molecule has 2 rings (SSSR count). The largest absolute Gasteiger partial charge is 0.465 e. The summed E-state index contributed by atoms with van der Waals surface area (Å²) in [5.74, 6) is -1.65. The highest BCUT2D eigenvalue weighted by Gasteiger charge is 2.26. The zero-order valence-electron chi connectivity index (χ0n) is 13.1. The Labute approximate surface area is 137 Å². The van der Waals surface area contributed by atoms with Crippen LogP contribution in [0.3, 0.4) is 0 Å². The number of rotatable bonds is 5. The van der Waals surface area contributed by atoms with Crippen LogP contribution in [0.2, 0.25) is 0 Å². The van der Waals surface area contributed by atoms with Crippen LogP contribution in [-0.4, -0.2) is 63.3 Å². The maximum absolute atomic E-state index is 14.1. The molecule has 24 heavy (non-hydrogen) atoms. The Morgan fingerprint density at radius 3 is 2.38 bits per heavy atom. The van der Waals surface area contributed by atoms with E-state index in [0.717, 1.165) is 7.11 Å². The monoisotopic (exact) mass is 349 g/mol. The van der Waals surface area contributed by atoms with E-state index in [0.29, 0.717) is 31.9 Å². The highest BCUT2D eigenvalue weighted by molar-refractivity contribution is 5.96. The van der Waals surface area contributed by atoms with Crippen molar-refractivity contribution in [3.63, 3.8) is 0 Å². The molecule has 9 heteroatoms. The van der Waals surface area contributed by atoms with Crippen LogP contribution in [0.4, 0.5) is 28.9 Å². The first kappa shape index (κ1) is 18.3. The average Bonchev–Trinajstić information content (AvgIpc) is 2.54. The fraction of sp³-hybridized carbons (Fsp3) is 0.533. The lowest BCUT2D eigenvalue weighted by Gasteiger charge is -2.36. The minimum atomic E-state index is -3.00. The molecule has 1 fully saturated rings. The molecular weight excluding hydrogens is 330 g/mol. The number of nitrogen functional groups attached to an aromatic ring is 1. The SMILES string of the molecule is COC(=O)c1c(N)cc(N2CCN(CC(F)C(F)F)CC2)cc1F. The molecule has 2 N–H and O–H groups in total. The van der Waals surface area contributed by atoms with Crippen LogP contribution in [0, 0.1) is 5.82 Å². The molecule has 1 atom stereocenters. The number of anilines is 2. The zero-order chi connectivity index (χ0) is 17.9. The first-order valence-electron chi connectivity index (χ1n) is 7.40. The van der Waals surface area contributed by atoms with Crippen molar-refractivity contribution in [1.82, 2.24) is 4.90 Å². The van der Waals surface area contributed by atoms with Crippen molar-refractivity contribution in [3.8, 4) is 0 Å². The van der Waals surface area contributed by atoms with Crippen LogP contribution in [0.1, 0.15) is 10.4 Å². The number of nitrogens with two attached hydrogens (primary N) is 1. The third kappa shape index (κ3) is 4.08. The van der Waals surface area contributed by atoms with Crippen molar-refractivity contribution in [2.24, 2.45) is 0 Å². The summed E-state index contributed by atoms with van der Waals surface area (Å²) < 4.78 is 56.1.